The number of pyridine rings is 1. The number of rotatable bonds is 4. The van der Waals surface area contributed by atoms with Crippen molar-refractivity contribution >= 4 is 5.91 Å². The molecule has 0 radical (unpaired) electrons. The van der Waals surface area contributed by atoms with Crippen molar-refractivity contribution in [1.29, 1.82) is 0 Å². The zero-order valence-electron chi connectivity index (χ0n) is 15.0. The van der Waals surface area contributed by atoms with Crippen LogP contribution in [0.25, 0.3) is 11.1 Å². The summed E-state index contributed by atoms with van der Waals surface area (Å²) in [6.07, 6.45) is 4.58. The number of hydrogen-bond donors (Lipinski definition) is 0. The number of hydrogen-bond acceptors (Lipinski definition) is 2. The van der Waals surface area contributed by atoms with Gasteiger partial charge < -0.3 is 4.90 Å². The minimum Gasteiger partial charge on any atom is -0.334 e. The van der Waals surface area contributed by atoms with Gasteiger partial charge in [-0.1, -0.05) is 19.1 Å². The Labute approximate surface area is 148 Å². The Morgan fingerprint density at radius 2 is 1.96 bits per heavy atom. The SMILES string of the molecule is CCCC(=O)N1CCCC[C@H]1c1cc(-c2ccc(F)cc2)cc(C)n1. The van der Waals surface area contributed by atoms with Crippen molar-refractivity contribution in [3.05, 3.63) is 53.6 Å². The molecule has 1 aromatic carbocycles. The van der Waals surface area contributed by atoms with Crippen LogP contribution >= 0.6 is 0 Å². The summed E-state index contributed by atoms with van der Waals surface area (Å²) in [6, 6.07) is 10.6. The number of likely N-dealkylation sites (tertiary alicyclic amines) is 1. The third-order valence-corrected chi connectivity index (χ3v) is 4.78. The molecule has 1 aliphatic rings. The second kappa shape index (κ2) is 7.77. The number of piperidine rings is 1. The zero-order chi connectivity index (χ0) is 17.8. The lowest BCUT2D eigenvalue weighted by Gasteiger charge is -2.35. The predicted octanol–water partition coefficient (Wildman–Crippen LogP) is 5.05. The number of benzene rings is 1. The van der Waals surface area contributed by atoms with E-state index in [4.69, 9.17) is 4.98 Å². The molecule has 0 unspecified atom stereocenters. The van der Waals surface area contributed by atoms with Crippen molar-refractivity contribution in [2.75, 3.05) is 6.54 Å². The Kier molecular flexibility index (Phi) is 5.47. The van der Waals surface area contributed by atoms with E-state index < -0.39 is 0 Å². The molecule has 1 atom stereocenters. The average Bonchev–Trinajstić information content (AvgIpc) is 2.62. The van der Waals surface area contributed by atoms with E-state index >= 15 is 0 Å². The van der Waals surface area contributed by atoms with Gasteiger partial charge in [0, 0.05) is 18.7 Å². The van der Waals surface area contributed by atoms with Crippen LogP contribution in [-0.2, 0) is 4.79 Å². The molecule has 0 spiro atoms. The molecule has 1 aromatic heterocycles. The molecule has 2 heterocycles. The van der Waals surface area contributed by atoms with Crippen LogP contribution in [0.5, 0.6) is 0 Å². The zero-order valence-corrected chi connectivity index (χ0v) is 15.0. The first-order chi connectivity index (χ1) is 12.1. The van der Waals surface area contributed by atoms with Crippen molar-refractivity contribution in [3.63, 3.8) is 0 Å². The van der Waals surface area contributed by atoms with Crippen molar-refractivity contribution in [2.45, 2.75) is 52.0 Å². The fourth-order valence-corrected chi connectivity index (χ4v) is 3.57. The molecule has 3 rings (SSSR count). The normalized spacial score (nSPS) is 17.6. The van der Waals surface area contributed by atoms with Crippen molar-refractivity contribution in [1.82, 2.24) is 9.88 Å². The molecule has 1 aliphatic heterocycles. The summed E-state index contributed by atoms with van der Waals surface area (Å²) in [5.41, 5.74) is 3.86. The standard InChI is InChI=1S/C21H25FN2O/c1-3-6-21(25)24-12-5-4-7-20(24)19-14-17(13-15(2)23-19)16-8-10-18(22)11-9-16/h8-11,13-14,20H,3-7,12H2,1-2H3/t20-/m0/s1. The fourth-order valence-electron chi connectivity index (χ4n) is 3.57. The molecule has 3 nitrogen and oxygen atoms in total. The Morgan fingerprint density at radius 1 is 1.20 bits per heavy atom. The lowest BCUT2D eigenvalue weighted by atomic mass is 9.95. The summed E-state index contributed by atoms with van der Waals surface area (Å²) >= 11 is 0. The van der Waals surface area contributed by atoms with Crippen LogP contribution in [0, 0.1) is 12.7 Å². The number of aromatic nitrogens is 1. The molecule has 132 valence electrons. The quantitative estimate of drug-likeness (QED) is 0.780. The van der Waals surface area contributed by atoms with Crippen LogP contribution in [-0.4, -0.2) is 22.3 Å². The van der Waals surface area contributed by atoms with E-state index in [1.165, 1.54) is 12.1 Å². The minimum absolute atomic E-state index is 0.0481. The van der Waals surface area contributed by atoms with E-state index in [0.717, 1.165) is 54.7 Å². The van der Waals surface area contributed by atoms with E-state index in [2.05, 4.69) is 6.07 Å². The highest BCUT2D eigenvalue weighted by molar-refractivity contribution is 5.77. The molecule has 2 aromatic rings. The minimum atomic E-state index is -0.238. The summed E-state index contributed by atoms with van der Waals surface area (Å²) in [5, 5.41) is 0. The Bertz CT molecular complexity index is 742. The van der Waals surface area contributed by atoms with Crippen molar-refractivity contribution in [2.24, 2.45) is 0 Å². The molecule has 0 aliphatic carbocycles. The van der Waals surface area contributed by atoms with Gasteiger partial charge >= 0.3 is 0 Å². The second-order valence-corrected chi connectivity index (χ2v) is 6.78. The van der Waals surface area contributed by atoms with Gasteiger partial charge in [0.1, 0.15) is 5.82 Å². The highest BCUT2D eigenvalue weighted by atomic mass is 19.1. The summed E-state index contributed by atoms with van der Waals surface area (Å²) in [5.74, 6) is -0.0165. The van der Waals surface area contributed by atoms with Crippen LogP contribution in [0.1, 0.15) is 56.5 Å². The number of nitrogens with zero attached hydrogens (tertiary/aromatic N) is 2. The van der Waals surface area contributed by atoms with E-state index in [1.807, 2.05) is 24.8 Å². The molecular formula is C21H25FN2O. The van der Waals surface area contributed by atoms with E-state index in [9.17, 15) is 9.18 Å². The van der Waals surface area contributed by atoms with Gasteiger partial charge in [0.25, 0.3) is 0 Å². The van der Waals surface area contributed by atoms with Gasteiger partial charge in [-0.3, -0.25) is 9.78 Å². The highest BCUT2D eigenvalue weighted by Gasteiger charge is 2.28. The van der Waals surface area contributed by atoms with Crippen molar-refractivity contribution < 1.29 is 9.18 Å². The highest BCUT2D eigenvalue weighted by Crippen LogP contribution is 2.33. The molecule has 0 N–H and O–H groups in total. The van der Waals surface area contributed by atoms with E-state index in [-0.39, 0.29) is 17.8 Å². The lowest BCUT2D eigenvalue weighted by Crippen LogP contribution is -2.38. The third kappa shape index (κ3) is 4.06. The van der Waals surface area contributed by atoms with Crippen LogP contribution in [0.4, 0.5) is 4.39 Å². The number of carbonyl (C=O) groups is 1. The molecule has 1 fully saturated rings. The maximum atomic E-state index is 13.2. The summed E-state index contributed by atoms with van der Waals surface area (Å²) in [7, 11) is 0. The van der Waals surface area contributed by atoms with Gasteiger partial charge in [-0.2, -0.15) is 0 Å². The molecular weight excluding hydrogens is 315 g/mol. The molecule has 0 bridgehead atoms. The summed E-state index contributed by atoms with van der Waals surface area (Å²) in [4.78, 5) is 19.2. The summed E-state index contributed by atoms with van der Waals surface area (Å²) < 4.78 is 13.2. The maximum absolute atomic E-state index is 13.2. The van der Waals surface area contributed by atoms with Crippen LogP contribution < -0.4 is 0 Å². The molecule has 1 saturated heterocycles. The topological polar surface area (TPSA) is 33.2 Å². The van der Waals surface area contributed by atoms with E-state index in [1.54, 1.807) is 12.1 Å². The third-order valence-electron chi connectivity index (χ3n) is 4.78. The first-order valence-electron chi connectivity index (χ1n) is 9.12. The maximum Gasteiger partial charge on any atom is 0.223 e. The fraction of sp³-hybridized carbons (Fsp3) is 0.429. The Balaban J connectivity index is 1.95. The van der Waals surface area contributed by atoms with Gasteiger partial charge in [0.15, 0.2) is 0 Å². The first-order valence-corrected chi connectivity index (χ1v) is 9.12. The van der Waals surface area contributed by atoms with Crippen LogP contribution in [0.2, 0.25) is 0 Å². The molecule has 4 heteroatoms. The van der Waals surface area contributed by atoms with Crippen LogP contribution in [0.15, 0.2) is 36.4 Å². The van der Waals surface area contributed by atoms with Gasteiger partial charge in [0.05, 0.1) is 11.7 Å². The van der Waals surface area contributed by atoms with Crippen molar-refractivity contribution in [3.8, 4) is 11.1 Å². The Hall–Kier alpha value is -2.23. The lowest BCUT2D eigenvalue weighted by molar-refractivity contribution is -0.135. The smallest absolute Gasteiger partial charge is 0.223 e. The largest absolute Gasteiger partial charge is 0.334 e. The second-order valence-electron chi connectivity index (χ2n) is 6.78. The molecule has 25 heavy (non-hydrogen) atoms. The first kappa shape index (κ1) is 17.6. The van der Waals surface area contributed by atoms with Gasteiger partial charge in [-0.15, -0.1) is 0 Å². The average molecular weight is 340 g/mol. The van der Waals surface area contributed by atoms with E-state index in [0.29, 0.717) is 6.42 Å². The van der Waals surface area contributed by atoms with Gasteiger partial charge in [0.2, 0.25) is 5.91 Å². The van der Waals surface area contributed by atoms with Crippen LogP contribution in [0.3, 0.4) is 0 Å². The Morgan fingerprint density at radius 3 is 2.68 bits per heavy atom. The molecule has 1 amide bonds. The summed E-state index contributed by atoms with van der Waals surface area (Å²) in [6.45, 7) is 4.82. The number of carbonyl (C=O) groups excluding carboxylic acids is 1. The van der Waals surface area contributed by atoms with Gasteiger partial charge in [-0.25, -0.2) is 4.39 Å². The number of halogens is 1. The van der Waals surface area contributed by atoms with Gasteiger partial charge in [-0.05, 0) is 68.0 Å². The number of aryl methyl sites for hydroxylation is 1. The molecule has 0 saturated carbocycles. The number of amides is 1. The predicted molar refractivity (Wildman–Crippen MR) is 97.6 cm³/mol. The monoisotopic (exact) mass is 340 g/mol.